The average Bonchev–Trinajstić information content (AvgIpc) is 2.83. The number of hydrogen-bond acceptors (Lipinski definition) is 2. The van der Waals surface area contributed by atoms with E-state index in [1.807, 2.05) is 26.0 Å². The SMILES string of the molecule is Cc1cc(Br)cc(C)c1N1CC(=O)NC2(CCCC2)C1=O. The first-order valence-electron chi connectivity index (χ1n) is 7.33. The van der Waals surface area contributed by atoms with Crippen LogP contribution in [0.1, 0.15) is 36.8 Å². The van der Waals surface area contributed by atoms with Crippen LogP contribution in [0, 0.1) is 13.8 Å². The van der Waals surface area contributed by atoms with Gasteiger partial charge in [-0.2, -0.15) is 0 Å². The van der Waals surface area contributed by atoms with Crippen LogP contribution in [0.25, 0.3) is 0 Å². The van der Waals surface area contributed by atoms with E-state index in [1.54, 1.807) is 4.90 Å². The molecule has 3 rings (SSSR count). The van der Waals surface area contributed by atoms with Crippen LogP contribution in [0.4, 0.5) is 5.69 Å². The van der Waals surface area contributed by atoms with Crippen molar-refractivity contribution in [2.24, 2.45) is 0 Å². The summed E-state index contributed by atoms with van der Waals surface area (Å²) in [6, 6.07) is 3.98. The molecule has 1 N–H and O–H groups in total. The molecular weight excluding hydrogens is 332 g/mol. The van der Waals surface area contributed by atoms with Gasteiger partial charge in [0, 0.05) is 4.47 Å². The van der Waals surface area contributed by atoms with E-state index in [-0.39, 0.29) is 18.4 Å². The van der Waals surface area contributed by atoms with E-state index in [0.717, 1.165) is 47.0 Å². The Labute approximate surface area is 133 Å². The Bertz CT molecular complexity index is 598. The van der Waals surface area contributed by atoms with Gasteiger partial charge in [0.2, 0.25) is 5.91 Å². The first kappa shape index (κ1) is 14.6. The van der Waals surface area contributed by atoms with Crippen LogP contribution in [-0.2, 0) is 9.59 Å². The van der Waals surface area contributed by atoms with Crippen LogP contribution in [0.15, 0.2) is 16.6 Å². The average molecular weight is 351 g/mol. The molecular formula is C16H19BrN2O2. The van der Waals surface area contributed by atoms with Crippen molar-refractivity contribution in [1.29, 1.82) is 0 Å². The fourth-order valence-corrected chi connectivity index (χ4v) is 4.35. The van der Waals surface area contributed by atoms with Crippen molar-refractivity contribution in [3.05, 3.63) is 27.7 Å². The van der Waals surface area contributed by atoms with E-state index in [0.29, 0.717) is 0 Å². The lowest BCUT2D eigenvalue weighted by Crippen LogP contribution is -2.66. The highest BCUT2D eigenvalue weighted by atomic mass is 79.9. The topological polar surface area (TPSA) is 49.4 Å². The summed E-state index contributed by atoms with van der Waals surface area (Å²) in [4.78, 5) is 26.8. The molecule has 1 saturated heterocycles. The van der Waals surface area contributed by atoms with Gasteiger partial charge in [-0.05, 0) is 49.9 Å². The van der Waals surface area contributed by atoms with Gasteiger partial charge in [-0.15, -0.1) is 0 Å². The van der Waals surface area contributed by atoms with Crippen molar-refractivity contribution in [2.45, 2.75) is 45.1 Å². The number of rotatable bonds is 1. The molecule has 1 aromatic rings. The normalized spacial score (nSPS) is 21.0. The van der Waals surface area contributed by atoms with E-state index in [1.165, 1.54) is 0 Å². The molecule has 4 nitrogen and oxygen atoms in total. The molecule has 2 fully saturated rings. The monoisotopic (exact) mass is 350 g/mol. The maximum absolute atomic E-state index is 13.0. The van der Waals surface area contributed by atoms with Crippen molar-refractivity contribution in [2.75, 3.05) is 11.4 Å². The lowest BCUT2D eigenvalue weighted by molar-refractivity contribution is -0.135. The Balaban J connectivity index is 2.05. The van der Waals surface area contributed by atoms with Crippen LogP contribution in [-0.4, -0.2) is 23.9 Å². The van der Waals surface area contributed by atoms with Crippen LogP contribution in [0.5, 0.6) is 0 Å². The quantitative estimate of drug-likeness (QED) is 0.846. The van der Waals surface area contributed by atoms with Crippen LogP contribution in [0.2, 0.25) is 0 Å². The highest BCUT2D eigenvalue weighted by Gasteiger charge is 2.49. The fraction of sp³-hybridized carbons (Fsp3) is 0.500. The zero-order valence-corrected chi connectivity index (χ0v) is 13.9. The van der Waals surface area contributed by atoms with E-state index < -0.39 is 5.54 Å². The summed E-state index contributed by atoms with van der Waals surface area (Å²) in [5, 5.41) is 2.95. The number of piperazine rings is 1. The molecule has 0 aromatic heterocycles. The molecule has 0 atom stereocenters. The Hall–Kier alpha value is -1.36. The smallest absolute Gasteiger partial charge is 0.253 e. The number of carbonyl (C=O) groups excluding carboxylic acids is 2. The number of aryl methyl sites for hydroxylation is 2. The van der Waals surface area contributed by atoms with E-state index in [9.17, 15) is 9.59 Å². The second-order valence-electron chi connectivity index (χ2n) is 6.12. The molecule has 1 aromatic carbocycles. The van der Waals surface area contributed by atoms with Gasteiger partial charge in [-0.1, -0.05) is 28.8 Å². The van der Waals surface area contributed by atoms with Crippen molar-refractivity contribution in [3.63, 3.8) is 0 Å². The summed E-state index contributed by atoms with van der Waals surface area (Å²) in [5.74, 6) is -0.00802. The van der Waals surface area contributed by atoms with Gasteiger partial charge in [-0.25, -0.2) is 0 Å². The number of amides is 2. The summed E-state index contributed by atoms with van der Waals surface area (Å²) in [7, 11) is 0. The first-order valence-corrected chi connectivity index (χ1v) is 8.12. The lowest BCUT2D eigenvalue weighted by atomic mass is 9.92. The van der Waals surface area contributed by atoms with E-state index in [4.69, 9.17) is 0 Å². The van der Waals surface area contributed by atoms with Crippen molar-refractivity contribution in [1.82, 2.24) is 5.32 Å². The zero-order chi connectivity index (χ0) is 15.2. The molecule has 1 heterocycles. The fourth-order valence-electron chi connectivity index (χ4n) is 3.66. The van der Waals surface area contributed by atoms with Crippen molar-refractivity contribution >= 4 is 33.4 Å². The summed E-state index contributed by atoms with van der Waals surface area (Å²) in [6.07, 6.45) is 3.50. The largest absolute Gasteiger partial charge is 0.340 e. The van der Waals surface area contributed by atoms with Crippen molar-refractivity contribution < 1.29 is 9.59 Å². The summed E-state index contributed by atoms with van der Waals surface area (Å²) in [6.45, 7) is 4.08. The van der Waals surface area contributed by atoms with Crippen LogP contribution >= 0.6 is 15.9 Å². The third kappa shape index (κ3) is 2.37. The van der Waals surface area contributed by atoms with Gasteiger partial charge in [-0.3, -0.25) is 9.59 Å². The molecule has 5 heteroatoms. The maximum atomic E-state index is 13.0. The first-order chi connectivity index (χ1) is 9.93. The van der Waals surface area contributed by atoms with E-state index in [2.05, 4.69) is 21.2 Å². The third-order valence-electron chi connectivity index (χ3n) is 4.52. The van der Waals surface area contributed by atoms with Crippen LogP contribution in [0.3, 0.4) is 0 Å². The van der Waals surface area contributed by atoms with Gasteiger partial charge in [0.05, 0.1) is 5.69 Å². The van der Waals surface area contributed by atoms with Gasteiger partial charge < -0.3 is 10.2 Å². The molecule has 1 saturated carbocycles. The zero-order valence-electron chi connectivity index (χ0n) is 12.3. The standard InChI is InChI=1S/C16H19BrN2O2/c1-10-7-12(17)8-11(2)14(10)19-9-13(20)18-16(15(19)21)5-3-4-6-16/h7-8H,3-6,9H2,1-2H3,(H,18,20). The van der Waals surface area contributed by atoms with Gasteiger partial charge >= 0.3 is 0 Å². The minimum atomic E-state index is -0.665. The highest BCUT2D eigenvalue weighted by molar-refractivity contribution is 9.10. The van der Waals surface area contributed by atoms with Gasteiger partial charge in [0.15, 0.2) is 0 Å². The summed E-state index contributed by atoms with van der Waals surface area (Å²) >= 11 is 3.48. The molecule has 0 unspecified atom stereocenters. The molecule has 2 amide bonds. The number of anilines is 1. The number of nitrogens with zero attached hydrogens (tertiary/aromatic N) is 1. The number of nitrogens with one attached hydrogen (secondary N) is 1. The van der Waals surface area contributed by atoms with E-state index >= 15 is 0 Å². The number of carbonyl (C=O) groups is 2. The Kier molecular flexibility index (Phi) is 3.56. The molecule has 112 valence electrons. The number of hydrogen-bond donors (Lipinski definition) is 1. The maximum Gasteiger partial charge on any atom is 0.253 e. The summed E-state index contributed by atoms with van der Waals surface area (Å²) in [5.41, 5.74) is 2.24. The minimum absolute atomic E-state index is 0.0492. The van der Waals surface area contributed by atoms with Gasteiger partial charge in [0.1, 0.15) is 12.1 Å². The highest BCUT2D eigenvalue weighted by Crippen LogP contribution is 2.37. The molecule has 0 bridgehead atoms. The summed E-state index contributed by atoms with van der Waals surface area (Å²) < 4.78 is 0.991. The number of benzene rings is 1. The van der Waals surface area contributed by atoms with Crippen molar-refractivity contribution in [3.8, 4) is 0 Å². The molecule has 2 aliphatic rings. The third-order valence-corrected chi connectivity index (χ3v) is 4.98. The predicted octanol–water partition coefficient (Wildman–Crippen LogP) is 2.84. The molecule has 0 radical (unpaired) electrons. The molecule has 1 aliphatic carbocycles. The second kappa shape index (κ2) is 5.13. The molecule has 1 aliphatic heterocycles. The van der Waals surface area contributed by atoms with Crippen LogP contribution < -0.4 is 10.2 Å². The number of halogens is 1. The Morgan fingerprint density at radius 2 is 1.71 bits per heavy atom. The lowest BCUT2D eigenvalue weighted by Gasteiger charge is -2.40. The van der Waals surface area contributed by atoms with Gasteiger partial charge in [0.25, 0.3) is 5.91 Å². The minimum Gasteiger partial charge on any atom is -0.340 e. The molecule has 21 heavy (non-hydrogen) atoms. The predicted molar refractivity (Wildman–Crippen MR) is 85.3 cm³/mol. The Morgan fingerprint density at radius 3 is 2.29 bits per heavy atom. The molecule has 1 spiro atoms. The Morgan fingerprint density at radius 1 is 1.14 bits per heavy atom. The second-order valence-corrected chi connectivity index (χ2v) is 7.03.